The molecule has 7 rings (SSSR count). The summed E-state index contributed by atoms with van der Waals surface area (Å²) in [6.45, 7) is 2.28. The van der Waals surface area contributed by atoms with Gasteiger partial charge in [-0.3, -0.25) is 14.5 Å². The number of aromatic nitrogens is 4. The molecule has 11 heteroatoms. The number of ether oxygens (including phenoxy) is 2. The number of thioether (sulfide) groups is 1. The molecule has 4 atom stereocenters. The maximum atomic E-state index is 13.0. The molecule has 0 radical (unpaired) electrons. The first kappa shape index (κ1) is 30.9. The van der Waals surface area contributed by atoms with Gasteiger partial charge in [-0.1, -0.05) is 91.5 Å². The number of imide groups is 1. The first-order chi connectivity index (χ1) is 22.9. The molecule has 1 N–H and O–H groups in total. The molecule has 10 nitrogen and oxygen atoms in total. The molecule has 238 valence electrons. The Morgan fingerprint density at radius 2 is 1.51 bits per heavy atom. The summed E-state index contributed by atoms with van der Waals surface area (Å²) in [5.74, 6) is 0.0898. The van der Waals surface area contributed by atoms with Crippen LogP contribution in [0.2, 0.25) is 0 Å². The molecule has 3 heterocycles. The average molecular weight is 648 g/mol. The van der Waals surface area contributed by atoms with E-state index < -0.39 is 6.29 Å². The lowest BCUT2D eigenvalue weighted by molar-refractivity contribution is -0.268. The zero-order valence-corrected chi connectivity index (χ0v) is 26.7. The molecule has 5 aromatic rings. The van der Waals surface area contributed by atoms with Gasteiger partial charge >= 0.3 is 0 Å². The van der Waals surface area contributed by atoms with Crippen LogP contribution >= 0.6 is 11.8 Å². The van der Waals surface area contributed by atoms with Crippen molar-refractivity contribution in [3.63, 3.8) is 0 Å². The van der Waals surface area contributed by atoms with E-state index in [1.54, 1.807) is 28.9 Å². The van der Waals surface area contributed by atoms with Gasteiger partial charge in [0.15, 0.2) is 6.29 Å². The number of tetrazole rings is 1. The van der Waals surface area contributed by atoms with Crippen molar-refractivity contribution in [1.29, 1.82) is 0 Å². The van der Waals surface area contributed by atoms with Crippen LogP contribution in [0.5, 0.6) is 0 Å². The Hall–Kier alpha value is -4.68. The summed E-state index contributed by atoms with van der Waals surface area (Å²) in [7, 11) is 1.81. The van der Waals surface area contributed by atoms with E-state index in [2.05, 4.69) is 28.5 Å². The number of aliphatic hydroxyl groups excluding tert-OH is 1. The molecule has 2 amide bonds. The number of amides is 2. The number of rotatable bonds is 9. The standard InChI is InChI=1S/C36H33N5O5S/c1-22-31(21-47-36-37-38-39-40(36)2)45-35(46-32(22)25-15-13-23(20-42)14-16-25)28-10-6-9-27(18-28)26-8-5-7-24(17-26)19-41-33(43)29-11-3-4-12-30(29)34(41)44/h3-18,22,31-32,35,42H,19-21H2,1-2H3/t22-,31+,32+,35+/m0/s1. The van der Waals surface area contributed by atoms with E-state index >= 15 is 0 Å². The minimum Gasteiger partial charge on any atom is -0.392 e. The van der Waals surface area contributed by atoms with Gasteiger partial charge in [0.1, 0.15) is 0 Å². The van der Waals surface area contributed by atoms with Crippen LogP contribution in [0.25, 0.3) is 11.1 Å². The number of fused-ring (bicyclic) bond motifs is 1. The molecule has 1 saturated heterocycles. The number of aliphatic hydroxyl groups is 1. The van der Waals surface area contributed by atoms with Crippen LogP contribution in [0.4, 0.5) is 0 Å². The third-order valence-electron chi connectivity index (χ3n) is 8.72. The van der Waals surface area contributed by atoms with Gasteiger partial charge in [0, 0.05) is 24.3 Å². The van der Waals surface area contributed by atoms with E-state index in [0.717, 1.165) is 33.4 Å². The normalized spacial score (nSPS) is 20.9. The van der Waals surface area contributed by atoms with E-state index in [-0.39, 0.29) is 43.1 Å². The second-order valence-electron chi connectivity index (χ2n) is 11.8. The number of benzene rings is 4. The summed E-state index contributed by atoms with van der Waals surface area (Å²) < 4.78 is 14.9. The van der Waals surface area contributed by atoms with Gasteiger partial charge < -0.3 is 14.6 Å². The Morgan fingerprint density at radius 3 is 2.19 bits per heavy atom. The number of aryl methyl sites for hydroxylation is 1. The molecule has 1 fully saturated rings. The van der Waals surface area contributed by atoms with Crippen molar-refractivity contribution in [1.82, 2.24) is 25.1 Å². The minimum atomic E-state index is -0.640. The summed E-state index contributed by atoms with van der Waals surface area (Å²) in [5, 5.41) is 22.1. The molecular weight excluding hydrogens is 614 g/mol. The minimum absolute atomic E-state index is 0.0157. The first-order valence-corrected chi connectivity index (χ1v) is 16.4. The maximum absolute atomic E-state index is 13.0. The molecule has 1 aromatic heterocycles. The second-order valence-corrected chi connectivity index (χ2v) is 12.8. The van der Waals surface area contributed by atoms with Crippen molar-refractivity contribution in [2.75, 3.05) is 5.75 Å². The highest BCUT2D eigenvalue weighted by molar-refractivity contribution is 7.99. The third-order valence-corrected chi connectivity index (χ3v) is 9.82. The largest absolute Gasteiger partial charge is 0.392 e. The fourth-order valence-electron chi connectivity index (χ4n) is 6.09. The summed E-state index contributed by atoms with van der Waals surface area (Å²) in [5.41, 5.74) is 6.35. The molecule has 0 unspecified atom stereocenters. The highest BCUT2D eigenvalue weighted by Crippen LogP contribution is 2.43. The number of hydrogen-bond donors (Lipinski definition) is 1. The van der Waals surface area contributed by atoms with Crippen LogP contribution in [0.3, 0.4) is 0 Å². The molecule has 2 aliphatic heterocycles. The van der Waals surface area contributed by atoms with Crippen molar-refractivity contribution in [2.24, 2.45) is 13.0 Å². The fraction of sp³-hybridized carbons (Fsp3) is 0.250. The summed E-state index contributed by atoms with van der Waals surface area (Å²) in [6, 6.07) is 30.7. The summed E-state index contributed by atoms with van der Waals surface area (Å²) >= 11 is 1.54. The maximum Gasteiger partial charge on any atom is 0.261 e. The molecule has 4 aromatic carbocycles. The number of carbonyl (C=O) groups excluding carboxylic acids is 2. The molecule has 0 aliphatic carbocycles. The van der Waals surface area contributed by atoms with E-state index in [1.165, 1.54) is 16.7 Å². The van der Waals surface area contributed by atoms with Crippen LogP contribution in [-0.2, 0) is 29.7 Å². The molecule has 0 saturated carbocycles. The predicted molar refractivity (Wildman–Crippen MR) is 175 cm³/mol. The molecule has 2 aliphatic rings. The molecule has 0 bridgehead atoms. The Morgan fingerprint density at radius 1 is 0.809 bits per heavy atom. The van der Waals surface area contributed by atoms with Gasteiger partial charge in [0.2, 0.25) is 5.16 Å². The lowest BCUT2D eigenvalue weighted by atomic mass is 9.91. The van der Waals surface area contributed by atoms with Crippen molar-refractivity contribution < 1.29 is 24.2 Å². The van der Waals surface area contributed by atoms with E-state index in [4.69, 9.17) is 9.47 Å². The van der Waals surface area contributed by atoms with Gasteiger partial charge in [-0.2, -0.15) is 0 Å². The zero-order valence-electron chi connectivity index (χ0n) is 25.9. The Labute approximate surface area is 276 Å². The highest BCUT2D eigenvalue weighted by Gasteiger charge is 2.39. The Kier molecular flexibility index (Phi) is 8.70. The van der Waals surface area contributed by atoms with Crippen molar-refractivity contribution in [3.8, 4) is 11.1 Å². The first-order valence-electron chi connectivity index (χ1n) is 15.4. The number of hydrogen-bond acceptors (Lipinski definition) is 9. The lowest BCUT2D eigenvalue weighted by Gasteiger charge is -2.41. The monoisotopic (exact) mass is 647 g/mol. The molecule has 0 spiro atoms. The van der Waals surface area contributed by atoms with Crippen LogP contribution in [-0.4, -0.2) is 53.9 Å². The fourth-order valence-corrected chi connectivity index (χ4v) is 7.10. The third kappa shape index (κ3) is 6.22. The van der Waals surface area contributed by atoms with Crippen LogP contribution < -0.4 is 0 Å². The van der Waals surface area contributed by atoms with Crippen molar-refractivity contribution >= 4 is 23.6 Å². The topological polar surface area (TPSA) is 120 Å². The number of nitrogens with zero attached hydrogens (tertiary/aromatic N) is 5. The average Bonchev–Trinajstić information content (AvgIpc) is 3.63. The van der Waals surface area contributed by atoms with Gasteiger partial charge in [-0.05, 0) is 62.5 Å². The van der Waals surface area contributed by atoms with E-state index in [0.29, 0.717) is 22.0 Å². The van der Waals surface area contributed by atoms with Gasteiger partial charge in [0.05, 0.1) is 36.5 Å². The zero-order chi connectivity index (χ0) is 32.5. The highest BCUT2D eigenvalue weighted by atomic mass is 32.2. The van der Waals surface area contributed by atoms with E-state index in [9.17, 15) is 14.7 Å². The summed E-state index contributed by atoms with van der Waals surface area (Å²) in [4.78, 5) is 27.3. The predicted octanol–water partition coefficient (Wildman–Crippen LogP) is 5.75. The molecular formula is C36H33N5O5S. The van der Waals surface area contributed by atoms with Crippen molar-refractivity contribution in [2.45, 2.75) is 43.7 Å². The quantitative estimate of drug-likeness (QED) is 0.158. The van der Waals surface area contributed by atoms with Crippen LogP contribution in [0.1, 0.15) is 62.3 Å². The Balaban J connectivity index is 1.14. The lowest BCUT2D eigenvalue weighted by Crippen LogP contribution is -2.38. The summed E-state index contributed by atoms with van der Waals surface area (Å²) in [6.07, 6.45) is -1.07. The van der Waals surface area contributed by atoms with E-state index in [1.807, 2.05) is 73.8 Å². The van der Waals surface area contributed by atoms with Crippen molar-refractivity contribution in [3.05, 3.63) is 130 Å². The number of carbonyl (C=O) groups is 2. The van der Waals surface area contributed by atoms with Gasteiger partial charge in [0.25, 0.3) is 11.8 Å². The van der Waals surface area contributed by atoms with Gasteiger partial charge in [-0.25, -0.2) is 4.68 Å². The molecule has 47 heavy (non-hydrogen) atoms. The Bertz CT molecular complexity index is 1890. The second kappa shape index (κ2) is 13.2. The van der Waals surface area contributed by atoms with Gasteiger partial charge in [-0.15, -0.1) is 5.10 Å². The van der Waals surface area contributed by atoms with Crippen LogP contribution in [0, 0.1) is 5.92 Å². The smallest absolute Gasteiger partial charge is 0.261 e. The SMILES string of the molecule is C[C@H]1[C@@H](CSc2nnnn2C)O[C@@H](c2cccc(-c3cccc(CN4C(=O)c5ccccc5C4=O)c3)c2)O[C@H]1c1ccc(CO)cc1. The van der Waals surface area contributed by atoms with Crippen LogP contribution in [0.15, 0.2) is 102 Å².